The molecule has 9 heteroatoms. The van der Waals surface area contributed by atoms with Crippen LogP contribution in [0.5, 0.6) is 0 Å². The molecule has 0 saturated carbocycles. The minimum Gasteiger partial charge on any atom is -0.472 e. The minimum atomic E-state index is -0.704. The SMILES string of the molecule is CCOC(=O)C1=NN(c2ccccc2)C(C(=O)Nc2ccc3c(c2)CCN3C(=O)c2ccoc2)C1. The van der Waals surface area contributed by atoms with Gasteiger partial charge in [-0.1, -0.05) is 18.2 Å². The van der Waals surface area contributed by atoms with Gasteiger partial charge >= 0.3 is 5.97 Å². The zero-order valence-electron chi connectivity index (χ0n) is 19.1. The first-order valence-corrected chi connectivity index (χ1v) is 11.4. The van der Waals surface area contributed by atoms with Gasteiger partial charge in [0.1, 0.15) is 18.0 Å². The summed E-state index contributed by atoms with van der Waals surface area (Å²) < 4.78 is 10.1. The number of rotatable bonds is 6. The zero-order chi connectivity index (χ0) is 24.4. The number of para-hydroxylation sites is 1. The molecule has 0 aliphatic carbocycles. The topological polar surface area (TPSA) is 104 Å². The standard InChI is InChI=1S/C26H24N4O5/c1-2-35-26(33)21-15-23(30(28-21)20-6-4-3-5-7-20)24(31)27-19-8-9-22-17(14-19)10-12-29(22)25(32)18-11-13-34-16-18/h3-9,11,13-14,16,23H,2,10,12,15H2,1H3,(H,27,31). The van der Waals surface area contributed by atoms with Crippen molar-refractivity contribution in [3.8, 4) is 0 Å². The van der Waals surface area contributed by atoms with E-state index in [1.165, 1.54) is 12.5 Å². The molecule has 3 heterocycles. The highest BCUT2D eigenvalue weighted by molar-refractivity contribution is 6.38. The molecule has 1 aromatic heterocycles. The number of furan rings is 1. The molecule has 0 bridgehead atoms. The van der Waals surface area contributed by atoms with Crippen molar-refractivity contribution in [1.82, 2.24) is 0 Å². The van der Waals surface area contributed by atoms with E-state index in [0.29, 0.717) is 29.9 Å². The van der Waals surface area contributed by atoms with E-state index in [0.717, 1.165) is 11.3 Å². The lowest BCUT2D eigenvalue weighted by Crippen LogP contribution is -2.38. The summed E-state index contributed by atoms with van der Waals surface area (Å²) in [4.78, 5) is 40.1. The van der Waals surface area contributed by atoms with E-state index >= 15 is 0 Å². The van der Waals surface area contributed by atoms with E-state index in [1.54, 1.807) is 29.0 Å². The predicted molar refractivity (Wildman–Crippen MR) is 131 cm³/mol. The lowest BCUT2D eigenvalue weighted by Gasteiger charge is -2.23. The molecule has 35 heavy (non-hydrogen) atoms. The summed E-state index contributed by atoms with van der Waals surface area (Å²) in [6.07, 6.45) is 3.72. The van der Waals surface area contributed by atoms with Gasteiger partial charge in [0.15, 0.2) is 0 Å². The third-order valence-electron chi connectivity index (χ3n) is 6.00. The van der Waals surface area contributed by atoms with E-state index in [-0.39, 0.29) is 30.6 Å². The molecule has 0 fully saturated rings. The highest BCUT2D eigenvalue weighted by atomic mass is 16.5. The van der Waals surface area contributed by atoms with Crippen LogP contribution in [0.15, 0.2) is 76.6 Å². The zero-order valence-corrected chi connectivity index (χ0v) is 19.1. The summed E-state index contributed by atoms with van der Waals surface area (Å²) in [6.45, 7) is 2.51. The van der Waals surface area contributed by atoms with Crippen LogP contribution in [-0.4, -0.2) is 42.7 Å². The Balaban J connectivity index is 1.33. The molecule has 9 nitrogen and oxygen atoms in total. The van der Waals surface area contributed by atoms with Crippen LogP contribution in [0, 0.1) is 0 Å². The van der Waals surface area contributed by atoms with Crippen molar-refractivity contribution in [3.63, 3.8) is 0 Å². The van der Waals surface area contributed by atoms with Crippen LogP contribution in [0.3, 0.4) is 0 Å². The number of esters is 1. The maximum atomic E-state index is 13.3. The van der Waals surface area contributed by atoms with Crippen molar-refractivity contribution in [2.45, 2.75) is 25.8 Å². The average molecular weight is 473 g/mol. The molecular formula is C26H24N4O5. The first kappa shape index (κ1) is 22.4. The first-order chi connectivity index (χ1) is 17.0. The molecule has 1 N–H and O–H groups in total. The Hall–Kier alpha value is -4.40. The minimum absolute atomic E-state index is 0.123. The normalized spacial score (nSPS) is 16.6. The Bertz CT molecular complexity index is 1290. The average Bonchev–Trinajstić information content (AvgIpc) is 3.64. The van der Waals surface area contributed by atoms with Gasteiger partial charge in [-0.15, -0.1) is 0 Å². The Morgan fingerprint density at radius 2 is 1.97 bits per heavy atom. The molecular weight excluding hydrogens is 448 g/mol. The van der Waals surface area contributed by atoms with Crippen LogP contribution < -0.4 is 15.2 Å². The highest BCUT2D eigenvalue weighted by Gasteiger charge is 2.37. The van der Waals surface area contributed by atoms with Crippen molar-refractivity contribution in [2.24, 2.45) is 5.10 Å². The van der Waals surface area contributed by atoms with Crippen LogP contribution >= 0.6 is 0 Å². The van der Waals surface area contributed by atoms with E-state index in [1.807, 2.05) is 42.5 Å². The summed E-state index contributed by atoms with van der Waals surface area (Å²) >= 11 is 0. The van der Waals surface area contributed by atoms with Crippen molar-refractivity contribution in [1.29, 1.82) is 0 Å². The Kier molecular flexibility index (Phi) is 6.05. The summed E-state index contributed by atoms with van der Waals surface area (Å²) in [5.74, 6) is -0.938. The van der Waals surface area contributed by atoms with Crippen LogP contribution in [-0.2, 0) is 20.7 Å². The second kappa shape index (κ2) is 9.46. The summed E-state index contributed by atoms with van der Waals surface area (Å²) in [7, 11) is 0. The molecule has 0 spiro atoms. The van der Waals surface area contributed by atoms with Gasteiger partial charge in [0.2, 0.25) is 5.91 Å². The fourth-order valence-corrected chi connectivity index (χ4v) is 4.33. The van der Waals surface area contributed by atoms with Crippen molar-refractivity contribution in [2.75, 3.05) is 28.4 Å². The van der Waals surface area contributed by atoms with Gasteiger partial charge in [-0.2, -0.15) is 5.10 Å². The van der Waals surface area contributed by atoms with Crippen LogP contribution in [0.25, 0.3) is 0 Å². The quantitative estimate of drug-likeness (QED) is 0.550. The molecule has 3 aromatic rings. The smallest absolute Gasteiger partial charge is 0.354 e. The molecule has 2 aliphatic heterocycles. The highest BCUT2D eigenvalue weighted by Crippen LogP contribution is 2.32. The molecule has 0 radical (unpaired) electrons. The lowest BCUT2D eigenvalue weighted by atomic mass is 10.1. The number of hydrogen-bond acceptors (Lipinski definition) is 7. The van der Waals surface area contributed by atoms with Gasteiger partial charge < -0.3 is 19.4 Å². The number of ether oxygens (including phenoxy) is 1. The molecule has 178 valence electrons. The van der Waals surface area contributed by atoms with Gasteiger partial charge in [-0.3, -0.25) is 14.6 Å². The van der Waals surface area contributed by atoms with Gasteiger partial charge in [0.25, 0.3) is 5.91 Å². The number of nitrogens with zero attached hydrogens (tertiary/aromatic N) is 3. The number of benzene rings is 2. The third-order valence-corrected chi connectivity index (χ3v) is 6.00. The third kappa shape index (κ3) is 4.40. The number of anilines is 3. The van der Waals surface area contributed by atoms with E-state index < -0.39 is 12.0 Å². The van der Waals surface area contributed by atoms with E-state index in [2.05, 4.69) is 10.4 Å². The van der Waals surface area contributed by atoms with Gasteiger partial charge in [0, 0.05) is 24.3 Å². The summed E-state index contributed by atoms with van der Waals surface area (Å²) in [6, 6.07) is 15.6. The molecule has 2 amide bonds. The number of amides is 2. The van der Waals surface area contributed by atoms with E-state index in [9.17, 15) is 14.4 Å². The summed E-state index contributed by atoms with van der Waals surface area (Å²) in [5, 5.41) is 8.90. The molecule has 2 aromatic carbocycles. The Morgan fingerprint density at radius 1 is 1.14 bits per heavy atom. The molecule has 2 aliphatic rings. The second-order valence-electron chi connectivity index (χ2n) is 8.22. The van der Waals surface area contributed by atoms with Crippen molar-refractivity contribution >= 4 is 40.6 Å². The first-order valence-electron chi connectivity index (χ1n) is 11.4. The Labute approximate surface area is 202 Å². The number of hydrogen-bond donors (Lipinski definition) is 1. The monoisotopic (exact) mass is 472 g/mol. The maximum Gasteiger partial charge on any atom is 0.354 e. The summed E-state index contributed by atoms with van der Waals surface area (Å²) in [5.41, 5.74) is 3.80. The molecule has 0 saturated heterocycles. The molecule has 1 atom stereocenters. The number of hydrazone groups is 1. The number of carbonyl (C=O) groups excluding carboxylic acids is 3. The van der Waals surface area contributed by atoms with Gasteiger partial charge in [-0.05, 0) is 55.3 Å². The predicted octanol–water partition coefficient (Wildman–Crippen LogP) is 3.62. The maximum absolute atomic E-state index is 13.3. The Morgan fingerprint density at radius 3 is 2.71 bits per heavy atom. The number of nitrogens with one attached hydrogen (secondary N) is 1. The lowest BCUT2D eigenvalue weighted by molar-refractivity contribution is -0.135. The second-order valence-corrected chi connectivity index (χ2v) is 8.22. The van der Waals surface area contributed by atoms with Crippen molar-refractivity contribution in [3.05, 3.63) is 78.3 Å². The van der Waals surface area contributed by atoms with Crippen LogP contribution in [0.2, 0.25) is 0 Å². The fraction of sp³-hybridized carbons (Fsp3) is 0.231. The number of carbonyl (C=O) groups is 3. The van der Waals surface area contributed by atoms with Gasteiger partial charge in [0.05, 0.1) is 24.1 Å². The van der Waals surface area contributed by atoms with Crippen LogP contribution in [0.4, 0.5) is 17.1 Å². The molecule has 5 rings (SSSR count). The number of fused-ring (bicyclic) bond motifs is 1. The largest absolute Gasteiger partial charge is 0.472 e. The van der Waals surface area contributed by atoms with Crippen LogP contribution in [0.1, 0.15) is 29.3 Å². The fourth-order valence-electron chi connectivity index (χ4n) is 4.33. The van der Waals surface area contributed by atoms with Gasteiger partial charge in [-0.25, -0.2) is 4.79 Å². The van der Waals surface area contributed by atoms with Crippen molar-refractivity contribution < 1.29 is 23.5 Å². The van der Waals surface area contributed by atoms with E-state index in [4.69, 9.17) is 9.15 Å². The molecule has 1 unspecified atom stereocenters.